The number of aryl methyl sites for hydroxylation is 1. The van der Waals surface area contributed by atoms with Crippen LogP contribution in [0, 0.1) is 13.8 Å². The van der Waals surface area contributed by atoms with Crippen molar-refractivity contribution in [3.05, 3.63) is 47.5 Å². The molecule has 106 valence electrons. The smallest absolute Gasteiger partial charge is 0.150 e. The second-order valence-electron chi connectivity index (χ2n) is 5.03. The molecular weight excluding hydrogens is 262 g/mol. The number of fused-ring (bicyclic) bond motifs is 1. The molecular formula is C17H17N3O. The zero-order valence-corrected chi connectivity index (χ0v) is 12.3. The van der Waals surface area contributed by atoms with Crippen molar-refractivity contribution < 1.29 is 4.74 Å². The Kier molecular flexibility index (Phi) is 3.22. The minimum absolute atomic E-state index is 0.412. The Labute approximate surface area is 123 Å². The van der Waals surface area contributed by atoms with Gasteiger partial charge in [-0.05, 0) is 43.2 Å². The van der Waals surface area contributed by atoms with Crippen LogP contribution >= 0.6 is 0 Å². The highest BCUT2D eigenvalue weighted by Gasteiger charge is 2.15. The summed E-state index contributed by atoms with van der Waals surface area (Å²) in [6.07, 6.45) is 0. The number of aromatic nitrogens is 2. The Balaban J connectivity index is 2.30. The predicted octanol–water partition coefficient (Wildman–Crippen LogP) is 3.50. The Hall–Kier alpha value is -2.62. The molecule has 1 aromatic heterocycles. The van der Waals surface area contributed by atoms with E-state index in [2.05, 4.69) is 16.9 Å². The van der Waals surface area contributed by atoms with E-state index >= 15 is 0 Å². The van der Waals surface area contributed by atoms with E-state index in [4.69, 9.17) is 10.5 Å². The van der Waals surface area contributed by atoms with Crippen LogP contribution in [0.25, 0.3) is 22.3 Å². The van der Waals surface area contributed by atoms with Gasteiger partial charge in [-0.2, -0.15) is 0 Å². The summed E-state index contributed by atoms with van der Waals surface area (Å²) in [5, 5.41) is 0. The van der Waals surface area contributed by atoms with Crippen LogP contribution in [0.2, 0.25) is 0 Å². The van der Waals surface area contributed by atoms with Crippen LogP contribution in [0.15, 0.2) is 36.4 Å². The van der Waals surface area contributed by atoms with E-state index in [9.17, 15) is 0 Å². The largest absolute Gasteiger partial charge is 0.496 e. The second kappa shape index (κ2) is 5.05. The molecule has 0 saturated heterocycles. The molecule has 0 saturated carbocycles. The zero-order valence-electron chi connectivity index (χ0n) is 12.3. The van der Waals surface area contributed by atoms with Crippen molar-refractivity contribution in [1.82, 2.24) is 9.97 Å². The molecule has 0 radical (unpaired) electrons. The normalized spacial score (nSPS) is 10.8. The third kappa shape index (κ3) is 2.18. The molecule has 0 aliphatic rings. The number of nitrogen functional groups attached to an aromatic ring is 1. The van der Waals surface area contributed by atoms with Crippen molar-refractivity contribution in [3.63, 3.8) is 0 Å². The summed E-state index contributed by atoms with van der Waals surface area (Å²) < 4.78 is 5.56. The van der Waals surface area contributed by atoms with Gasteiger partial charge in [0.25, 0.3) is 0 Å². The van der Waals surface area contributed by atoms with Gasteiger partial charge in [0.05, 0.1) is 18.1 Å². The lowest BCUT2D eigenvalue weighted by atomic mass is 10.0. The van der Waals surface area contributed by atoms with E-state index in [-0.39, 0.29) is 0 Å². The summed E-state index contributed by atoms with van der Waals surface area (Å²) in [4.78, 5) is 9.10. The van der Waals surface area contributed by atoms with Gasteiger partial charge in [0.1, 0.15) is 11.4 Å². The van der Waals surface area contributed by atoms with Crippen molar-refractivity contribution in [2.75, 3.05) is 12.8 Å². The number of hydrogen-bond acceptors (Lipinski definition) is 4. The van der Waals surface area contributed by atoms with Crippen molar-refractivity contribution in [3.8, 4) is 17.0 Å². The van der Waals surface area contributed by atoms with Gasteiger partial charge in [-0.3, -0.25) is 0 Å². The van der Waals surface area contributed by atoms with Gasteiger partial charge in [0, 0.05) is 5.56 Å². The minimum Gasteiger partial charge on any atom is -0.496 e. The Morgan fingerprint density at radius 2 is 1.62 bits per heavy atom. The van der Waals surface area contributed by atoms with Crippen LogP contribution in [0.5, 0.6) is 5.75 Å². The van der Waals surface area contributed by atoms with Gasteiger partial charge in [0.15, 0.2) is 5.82 Å². The third-order valence-corrected chi connectivity index (χ3v) is 3.73. The highest BCUT2D eigenvalue weighted by Crippen LogP contribution is 2.36. The average Bonchev–Trinajstić information content (AvgIpc) is 2.49. The number of para-hydroxylation sites is 2. The quantitative estimate of drug-likeness (QED) is 0.780. The Bertz CT molecular complexity index is 828. The second-order valence-corrected chi connectivity index (χ2v) is 5.03. The average molecular weight is 279 g/mol. The van der Waals surface area contributed by atoms with Crippen LogP contribution < -0.4 is 10.5 Å². The molecule has 3 rings (SSSR count). The van der Waals surface area contributed by atoms with Gasteiger partial charge < -0.3 is 10.5 Å². The van der Waals surface area contributed by atoms with Gasteiger partial charge >= 0.3 is 0 Å². The molecule has 3 aromatic rings. The molecule has 1 heterocycles. The number of ether oxygens (including phenoxy) is 1. The molecule has 0 bridgehead atoms. The molecule has 4 heteroatoms. The lowest BCUT2D eigenvalue weighted by Crippen LogP contribution is -2.01. The summed E-state index contributed by atoms with van der Waals surface area (Å²) in [5.74, 6) is 1.21. The van der Waals surface area contributed by atoms with E-state index in [1.807, 2.05) is 43.3 Å². The van der Waals surface area contributed by atoms with Crippen LogP contribution in [0.4, 0.5) is 5.82 Å². The maximum absolute atomic E-state index is 6.10. The first-order valence-electron chi connectivity index (χ1n) is 6.78. The summed E-state index contributed by atoms with van der Waals surface area (Å²) in [6, 6.07) is 11.7. The van der Waals surface area contributed by atoms with Crippen molar-refractivity contribution in [2.24, 2.45) is 0 Å². The lowest BCUT2D eigenvalue weighted by molar-refractivity contribution is 0.413. The van der Waals surface area contributed by atoms with Crippen LogP contribution in [0.3, 0.4) is 0 Å². The van der Waals surface area contributed by atoms with Crippen molar-refractivity contribution in [2.45, 2.75) is 13.8 Å². The minimum atomic E-state index is 0.412. The molecule has 0 unspecified atom stereocenters. The highest BCUT2D eigenvalue weighted by atomic mass is 16.5. The molecule has 0 atom stereocenters. The molecule has 2 N–H and O–H groups in total. The van der Waals surface area contributed by atoms with Gasteiger partial charge in [0.2, 0.25) is 0 Å². The molecule has 21 heavy (non-hydrogen) atoms. The van der Waals surface area contributed by atoms with Crippen LogP contribution in [-0.4, -0.2) is 17.1 Å². The number of nitrogens with two attached hydrogens (primary N) is 1. The standard InChI is InChI=1S/C17H17N3O/c1-10-8-9-12(16(21-3)11(10)2)15-17(18)20-14-7-5-4-6-13(14)19-15/h4-9H,1-3H3,(H2,18,20). The molecule has 0 amide bonds. The molecule has 4 nitrogen and oxygen atoms in total. The van der Waals surface area contributed by atoms with Gasteiger partial charge in [-0.1, -0.05) is 18.2 Å². The number of benzene rings is 2. The first kappa shape index (κ1) is 13.4. The Morgan fingerprint density at radius 1 is 0.952 bits per heavy atom. The highest BCUT2D eigenvalue weighted by molar-refractivity contribution is 5.84. The van der Waals surface area contributed by atoms with E-state index in [0.29, 0.717) is 11.5 Å². The topological polar surface area (TPSA) is 61.0 Å². The number of anilines is 1. The monoisotopic (exact) mass is 279 g/mol. The first-order valence-corrected chi connectivity index (χ1v) is 6.78. The maximum atomic E-state index is 6.10. The fourth-order valence-corrected chi connectivity index (χ4v) is 2.45. The van der Waals surface area contributed by atoms with Crippen LogP contribution in [-0.2, 0) is 0 Å². The Morgan fingerprint density at radius 3 is 2.29 bits per heavy atom. The number of rotatable bonds is 2. The van der Waals surface area contributed by atoms with Crippen molar-refractivity contribution in [1.29, 1.82) is 0 Å². The lowest BCUT2D eigenvalue weighted by Gasteiger charge is -2.14. The molecule has 0 fully saturated rings. The number of nitrogens with zero attached hydrogens (tertiary/aromatic N) is 2. The summed E-state index contributed by atoms with van der Waals surface area (Å²) in [7, 11) is 1.66. The maximum Gasteiger partial charge on any atom is 0.150 e. The van der Waals surface area contributed by atoms with Crippen LogP contribution in [0.1, 0.15) is 11.1 Å². The fraction of sp³-hybridized carbons (Fsp3) is 0.176. The number of methoxy groups -OCH3 is 1. The van der Waals surface area contributed by atoms with E-state index in [1.54, 1.807) is 7.11 Å². The fourth-order valence-electron chi connectivity index (χ4n) is 2.45. The SMILES string of the molecule is COc1c(-c2nc3ccccc3nc2N)ccc(C)c1C. The van der Waals surface area contributed by atoms with Gasteiger partial charge in [-0.15, -0.1) is 0 Å². The van der Waals surface area contributed by atoms with E-state index < -0.39 is 0 Å². The summed E-state index contributed by atoms with van der Waals surface area (Å²) in [6.45, 7) is 4.08. The molecule has 0 aliphatic carbocycles. The van der Waals surface area contributed by atoms with Crippen molar-refractivity contribution >= 4 is 16.9 Å². The third-order valence-electron chi connectivity index (χ3n) is 3.73. The van der Waals surface area contributed by atoms with Gasteiger partial charge in [-0.25, -0.2) is 9.97 Å². The zero-order chi connectivity index (χ0) is 15.0. The summed E-state index contributed by atoms with van der Waals surface area (Å²) >= 11 is 0. The first-order chi connectivity index (χ1) is 10.1. The summed E-state index contributed by atoms with van der Waals surface area (Å²) in [5.41, 5.74) is 11.5. The molecule has 2 aromatic carbocycles. The van der Waals surface area contributed by atoms with E-state index in [1.165, 1.54) is 5.56 Å². The predicted molar refractivity (Wildman–Crippen MR) is 85.4 cm³/mol. The molecule has 0 aliphatic heterocycles. The molecule has 0 spiro atoms. The number of hydrogen-bond donors (Lipinski definition) is 1. The van der Waals surface area contributed by atoms with E-state index in [0.717, 1.165) is 27.9 Å².